The minimum absolute atomic E-state index is 0.399. The lowest BCUT2D eigenvalue weighted by Crippen LogP contribution is -2.30. The zero-order valence-electron chi connectivity index (χ0n) is 12.3. The molecule has 2 atom stereocenters. The number of rotatable bonds is 5. The first-order valence-electron chi connectivity index (χ1n) is 7.71. The fraction of sp³-hybridized carbons (Fsp3) is 0.647. The van der Waals surface area contributed by atoms with E-state index in [2.05, 4.69) is 32.0 Å². The molecule has 106 valence electrons. The minimum Gasteiger partial charge on any atom is -0.490 e. The molecule has 2 N–H and O–H groups in total. The molecule has 1 saturated carbocycles. The molecule has 2 nitrogen and oxygen atoms in total. The molecule has 1 aliphatic carbocycles. The van der Waals surface area contributed by atoms with Crippen LogP contribution < -0.4 is 10.5 Å². The normalized spacial score (nSPS) is 23.3. The van der Waals surface area contributed by atoms with E-state index in [1.807, 2.05) is 0 Å². The third-order valence-electron chi connectivity index (χ3n) is 4.34. The van der Waals surface area contributed by atoms with Gasteiger partial charge >= 0.3 is 0 Å². The number of nitrogens with two attached hydrogens (primary N) is 1. The zero-order chi connectivity index (χ0) is 13.7. The molecule has 19 heavy (non-hydrogen) atoms. The lowest BCUT2D eigenvalue weighted by molar-refractivity contribution is 0.0887. The Hall–Kier alpha value is -1.02. The summed E-state index contributed by atoms with van der Waals surface area (Å²) in [5.41, 5.74) is 8.22. The predicted molar refractivity (Wildman–Crippen MR) is 80.6 cm³/mol. The summed E-state index contributed by atoms with van der Waals surface area (Å²) in [6.07, 6.45) is 7.72. The van der Waals surface area contributed by atoms with Gasteiger partial charge in [-0.25, -0.2) is 0 Å². The Balaban J connectivity index is 2.16. The first-order chi connectivity index (χ1) is 9.26. The van der Waals surface area contributed by atoms with Crippen molar-refractivity contribution in [2.45, 2.75) is 58.5 Å². The Kier molecular flexibility index (Phi) is 5.26. The van der Waals surface area contributed by atoms with E-state index in [9.17, 15) is 0 Å². The highest BCUT2D eigenvalue weighted by molar-refractivity contribution is 5.41. The summed E-state index contributed by atoms with van der Waals surface area (Å²) >= 11 is 0. The number of hydrogen-bond donors (Lipinski definition) is 1. The molecular formula is C17H27NO. The molecule has 1 aromatic rings. The van der Waals surface area contributed by atoms with Crippen LogP contribution in [0.5, 0.6) is 5.75 Å². The van der Waals surface area contributed by atoms with Gasteiger partial charge in [0.1, 0.15) is 11.9 Å². The molecule has 0 aliphatic heterocycles. The summed E-state index contributed by atoms with van der Waals surface area (Å²) in [6, 6.07) is 6.39. The van der Waals surface area contributed by atoms with Crippen LogP contribution in [0.15, 0.2) is 18.2 Å². The van der Waals surface area contributed by atoms with Gasteiger partial charge in [0.15, 0.2) is 0 Å². The van der Waals surface area contributed by atoms with Crippen LogP contribution in [0.1, 0.15) is 50.2 Å². The second-order valence-electron chi connectivity index (χ2n) is 5.71. The lowest BCUT2D eigenvalue weighted by Gasteiger charge is -2.32. The van der Waals surface area contributed by atoms with Crippen LogP contribution in [-0.4, -0.2) is 12.6 Å². The molecule has 2 heteroatoms. The molecule has 0 spiro atoms. The van der Waals surface area contributed by atoms with E-state index in [1.54, 1.807) is 0 Å². The van der Waals surface area contributed by atoms with E-state index in [4.69, 9.17) is 10.5 Å². The van der Waals surface area contributed by atoms with Gasteiger partial charge in [-0.05, 0) is 62.6 Å². The van der Waals surface area contributed by atoms with Crippen LogP contribution in [0, 0.1) is 12.8 Å². The highest BCUT2D eigenvalue weighted by Crippen LogP contribution is 2.33. The third-order valence-corrected chi connectivity index (χ3v) is 4.34. The van der Waals surface area contributed by atoms with Crippen molar-refractivity contribution in [2.24, 2.45) is 11.7 Å². The Morgan fingerprint density at radius 3 is 2.79 bits per heavy atom. The number of benzene rings is 1. The number of ether oxygens (including phenoxy) is 1. The fourth-order valence-corrected chi connectivity index (χ4v) is 3.18. The SMILES string of the molecule is CCC1CCCCC1Oc1c(C)cccc1CCN. The van der Waals surface area contributed by atoms with Crippen molar-refractivity contribution in [3.8, 4) is 5.75 Å². The van der Waals surface area contributed by atoms with Crippen LogP contribution in [0.4, 0.5) is 0 Å². The summed E-state index contributed by atoms with van der Waals surface area (Å²) in [5, 5.41) is 0. The number of aryl methyl sites for hydroxylation is 1. The number of hydrogen-bond acceptors (Lipinski definition) is 2. The molecule has 0 radical (unpaired) electrons. The molecule has 0 bridgehead atoms. The Bertz CT molecular complexity index is 402. The maximum atomic E-state index is 6.42. The molecule has 2 rings (SSSR count). The Morgan fingerprint density at radius 2 is 2.05 bits per heavy atom. The van der Waals surface area contributed by atoms with Crippen molar-refractivity contribution >= 4 is 0 Å². The van der Waals surface area contributed by atoms with Crippen LogP contribution in [-0.2, 0) is 6.42 Å². The highest BCUT2D eigenvalue weighted by atomic mass is 16.5. The molecule has 0 saturated heterocycles. The molecule has 1 aliphatic rings. The van der Waals surface area contributed by atoms with Crippen LogP contribution in [0.2, 0.25) is 0 Å². The summed E-state index contributed by atoms with van der Waals surface area (Å²) in [7, 11) is 0. The van der Waals surface area contributed by atoms with Gasteiger partial charge in [-0.1, -0.05) is 31.5 Å². The fourth-order valence-electron chi connectivity index (χ4n) is 3.18. The third kappa shape index (κ3) is 3.50. The van der Waals surface area contributed by atoms with Crippen LogP contribution in [0.3, 0.4) is 0 Å². The first kappa shape index (κ1) is 14.4. The Morgan fingerprint density at radius 1 is 1.26 bits per heavy atom. The summed E-state index contributed by atoms with van der Waals surface area (Å²) in [4.78, 5) is 0. The molecule has 2 unspecified atom stereocenters. The van der Waals surface area contributed by atoms with Gasteiger partial charge in [0, 0.05) is 0 Å². The van der Waals surface area contributed by atoms with Crippen molar-refractivity contribution in [3.63, 3.8) is 0 Å². The van der Waals surface area contributed by atoms with E-state index in [0.717, 1.165) is 18.1 Å². The van der Waals surface area contributed by atoms with Gasteiger partial charge in [-0.3, -0.25) is 0 Å². The molecule has 0 amide bonds. The topological polar surface area (TPSA) is 35.2 Å². The molecule has 0 aromatic heterocycles. The van der Waals surface area contributed by atoms with E-state index >= 15 is 0 Å². The minimum atomic E-state index is 0.399. The summed E-state index contributed by atoms with van der Waals surface area (Å²) < 4.78 is 6.42. The molecule has 1 aromatic carbocycles. The van der Waals surface area contributed by atoms with E-state index in [-0.39, 0.29) is 0 Å². The van der Waals surface area contributed by atoms with Crippen LogP contribution >= 0.6 is 0 Å². The van der Waals surface area contributed by atoms with Gasteiger partial charge in [-0.2, -0.15) is 0 Å². The number of para-hydroxylation sites is 1. The van der Waals surface area contributed by atoms with Crippen molar-refractivity contribution in [1.82, 2.24) is 0 Å². The van der Waals surface area contributed by atoms with Gasteiger partial charge in [-0.15, -0.1) is 0 Å². The standard InChI is InChI=1S/C17H27NO/c1-3-14-8-4-5-10-16(14)19-17-13(2)7-6-9-15(17)11-12-18/h6-7,9,14,16H,3-5,8,10-12,18H2,1-2H3. The summed E-state index contributed by atoms with van der Waals surface area (Å²) in [5.74, 6) is 1.82. The van der Waals surface area contributed by atoms with E-state index in [0.29, 0.717) is 12.6 Å². The lowest BCUT2D eigenvalue weighted by atomic mass is 9.84. The van der Waals surface area contributed by atoms with E-state index in [1.165, 1.54) is 43.2 Å². The first-order valence-corrected chi connectivity index (χ1v) is 7.71. The average molecular weight is 261 g/mol. The smallest absolute Gasteiger partial charge is 0.125 e. The second-order valence-corrected chi connectivity index (χ2v) is 5.71. The van der Waals surface area contributed by atoms with Gasteiger partial charge in [0.2, 0.25) is 0 Å². The van der Waals surface area contributed by atoms with Gasteiger partial charge < -0.3 is 10.5 Å². The zero-order valence-corrected chi connectivity index (χ0v) is 12.3. The maximum absolute atomic E-state index is 6.42. The van der Waals surface area contributed by atoms with Crippen molar-refractivity contribution in [1.29, 1.82) is 0 Å². The highest BCUT2D eigenvalue weighted by Gasteiger charge is 2.26. The van der Waals surface area contributed by atoms with Crippen molar-refractivity contribution in [2.75, 3.05) is 6.54 Å². The molecule has 1 fully saturated rings. The monoisotopic (exact) mass is 261 g/mol. The maximum Gasteiger partial charge on any atom is 0.125 e. The van der Waals surface area contributed by atoms with Gasteiger partial charge in [0.05, 0.1) is 0 Å². The average Bonchev–Trinajstić information content (AvgIpc) is 2.43. The molecular weight excluding hydrogens is 234 g/mol. The largest absolute Gasteiger partial charge is 0.490 e. The van der Waals surface area contributed by atoms with Gasteiger partial charge in [0.25, 0.3) is 0 Å². The van der Waals surface area contributed by atoms with Crippen LogP contribution in [0.25, 0.3) is 0 Å². The predicted octanol–water partition coefficient (Wildman–Crippen LogP) is 3.84. The Labute approximate surface area is 117 Å². The van der Waals surface area contributed by atoms with Crippen molar-refractivity contribution < 1.29 is 4.74 Å². The quantitative estimate of drug-likeness (QED) is 0.874. The molecule has 0 heterocycles. The summed E-state index contributed by atoms with van der Waals surface area (Å²) in [6.45, 7) is 5.10. The second kappa shape index (κ2) is 6.95. The van der Waals surface area contributed by atoms with E-state index < -0.39 is 0 Å². The van der Waals surface area contributed by atoms with Crippen molar-refractivity contribution in [3.05, 3.63) is 29.3 Å².